The van der Waals surface area contributed by atoms with E-state index in [1.54, 1.807) is 6.07 Å². The van der Waals surface area contributed by atoms with Gasteiger partial charge in [0.05, 0.1) is 63.1 Å². The topological polar surface area (TPSA) is 253 Å². The van der Waals surface area contributed by atoms with Gasteiger partial charge in [0.15, 0.2) is 5.82 Å². The molecule has 1 aliphatic carbocycles. The van der Waals surface area contributed by atoms with Gasteiger partial charge in [0.2, 0.25) is 17.7 Å². The number of likely N-dealkylation sites (tertiary alicyclic amines) is 1. The van der Waals surface area contributed by atoms with Gasteiger partial charge in [-0.2, -0.15) is 19.9 Å². The molecule has 2 atom stereocenters. The lowest BCUT2D eigenvalue weighted by Crippen LogP contribution is -2.49. The number of amides is 3. The molecule has 26 heteroatoms. The number of phenols is 3. The normalized spacial score (nSPS) is 18.5. The Morgan fingerprint density at radius 3 is 1.30 bits per heavy atom. The van der Waals surface area contributed by atoms with Crippen LogP contribution in [0.3, 0.4) is 0 Å². The lowest BCUT2D eigenvalue weighted by molar-refractivity contribution is -0.127. The van der Waals surface area contributed by atoms with E-state index in [9.17, 15) is 29.7 Å². The second kappa shape index (κ2) is 37.5. The zero-order chi connectivity index (χ0) is 83.7. The van der Waals surface area contributed by atoms with Crippen molar-refractivity contribution in [2.75, 3.05) is 180 Å². The standard InChI is InChI=1S/C35H38N6O3.C33H40N6O3.C28H33N5O3/c1-2-33(43)39-12-14-40(15-13-39)35-30-10-11-41(32-22-28(42)21-26-7-3-4-9-29(26)32)24-31(30)36-34(37-35)27-8-5-6-25(20-27)23-38-16-18-44-19-17-38;1-2-31(41)36-13-15-37(16-14-36)32-28-10-12-39(30-20-26(40)19-24-6-3-4-7-27(24)30)22-29(28)34-33(35-32)42-17-5-11-38-21-23-8-9-25(38)18-23;1-3-5-16-36-28-29-24-19-33(25-18-21(34)17-20-8-6-7-9-22(20)25)11-10-23(24)27(30-28)32-14-12-31(13-15-32)26(35)4-2/h2-9,20-22,42H,1,10-19,23-24H2;2-4,6-7,19-20,23,25,40H,1,5,8-18,21-22H2;4,6-9,17-18,34H,2-3,5,10-16,19H2,1H3/t;23-,25+;/m.1./s1. The second-order valence-electron chi connectivity index (χ2n) is 33.2. The maximum Gasteiger partial charge on any atom is 0.318 e. The van der Waals surface area contributed by atoms with E-state index < -0.39 is 0 Å². The van der Waals surface area contributed by atoms with Gasteiger partial charge in [0.1, 0.15) is 34.7 Å². The molecule has 2 bridgehead atoms. The molecule has 0 radical (unpaired) electrons. The molecule has 26 nitrogen and oxygen atoms in total. The Kier molecular flexibility index (Phi) is 25.2. The van der Waals surface area contributed by atoms with Gasteiger partial charge in [0.25, 0.3) is 0 Å². The Bertz CT molecular complexity index is 5510. The minimum atomic E-state index is -0.0306. The van der Waals surface area contributed by atoms with Crippen LogP contribution in [0.5, 0.6) is 29.3 Å². The van der Waals surface area contributed by atoms with E-state index in [1.165, 1.54) is 55.2 Å². The van der Waals surface area contributed by atoms with E-state index in [0.717, 1.165) is 216 Å². The molecule has 3 amide bonds. The number of unbranched alkanes of at least 4 members (excludes halogenated alkanes) is 1. The van der Waals surface area contributed by atoms with Crippen LogP contribution in [-0.2, 0) is 64.6 Å². The second-order valence-corrected chi connectivity index (χ2v) is 33.2. The Morgan fingerprint density at radius 1 is 0.459 bits per heavy atom. The third-order valence-corrected chi connectivity index (χ3v) is 25.5. The fourth-order valence-electron chi connectivity index (χ4n) is 19.1. The molecule has 8 aliphatic heterocycles. The molecule has 19 rings (SSSR count). The van der Waals surface area contributed by atoms with Crippen LogP contribution in [0.4, 0.5) is 34.5 Å². The van der Waals surface area contributed by atoms with E-state index in [1.807, 2.05) is 99.6 Å². The number of benzene rings is 7. The first-order chi connectivity index (χ1) is 59.7. The zero-order valence-corrected chi connectivity index (χ0v) is 70.1. The molecule has 5 saturated heterocycles. The van der Waals surface area contributed by atoms with Gasteiger partial charge in [-0.15, -0.1) is 0 Å². The van der Waals surface area contributed by atoms with Crippen LogP contribution in [0.15, 0.2) is 171 Å². The number of rotatable bonds is 21. The van der Waals surface area contributed by atoms with E-state index in [2.05, 4.69) is 108 Å². The van der Waals surface area contributed by atoms with E-state index >= 15 is 0 Å². The Labute approximate surface area is 713 Å². The number of ether oxygens (including phenoxy) is 3. The third-order valence-electron chi connectivity index (χ3n) is 25.5. The van der Waals surface area contributed by atoms with Gasteiger partial charge in [-0.1, -0.05) is 124 Å². The summed E-state index contributed by atoms with van der Waals surface area (Å²) in [5.41, 5.74) is 11.6. The number of hydrogen-bond acceptors (Lipinski definition) is 23. The lowest BCUT2D eigenvalue weighted by Gasteiger charge is -2.38. The first-order valence-electron chi connectivity index (χ1n) is 43.7. The summed E-state index contributed by atoms with van der Waals surface area (Å²) in [6.45, 7) is 33.1. The van der Waals surface area contributed by atoms with Gasteiger partial charge in [-0.05, 0) is 122 Å². The van der Waals surface area contributed by atoms with Crippen LogP contribution in [0.1, 0.15) is 84.8 Å². The molecule has 7 aromatic carbocycles. The number of aromatic nitrogens is 6. The number of fused-ring (bicyclic) bond motifs is 8. The third kappa shape index (κ3) is 18.4. The van der Waals surface area contributed by atoms with Crippen molar-refractivity contribution < 1.29 is 43.9 Å². The van der Waals surface area contributed by atoms with Crippen LogP contribution in [0, 0.1) is 5.92 Å². The van der Waals surface area contributed by atoms with Gasteiger partial charge in [-0.3, -0.25) is 24.2 Å². The smallest absolute Gasteiger partial charge is 0.318 e. The fraction of sp³-hybridized carbons (Fsp3) is 0.406. The van der Waals surface area contributed by atoms with E-state index in [-0.39, 0.29) is 35.0 Å². The van der Waals surface area contributed by atoms with Gasteiger partial charge in [-0.25, -0.2) is 9.97 Å². The quantitative estimate of drug-likeness (QED) is 0.0446. The summed E-state index contributed by atoms with van der Waals surface area (Å²) >= 11 is 0. The summed E-state index contributed by atoms with van der Waals surface area (Å²) in [6, 6.07) is 45.7. The number of carbonyl (C=O) groups excluding carboxylic acids is 3. The lowest BCUT2D eigenvalue weighted by atomic mass is 10.0. The molecule has 1 saturated carbocycles. The van der Waals surface area contributed by atoms with Crippen molar-refractivity contribution in [1.82, 2.24) is 54.4 Å². The molecule has 0 unspecified atom stereocenters. The van der Waals surface area contributed by atoms with E-state index in [4.69, 9.17) is 44.1 Å². The number of anilines is 6. The van der Waals surface area contributed by atoms with Crippen molar-refractivity contribution in [1.29, 1.82) is 0 Å². The zero-order valence-electron chi connectivity index (χ0n) is 70.1. The van der Waals surface area contributed by atoms with Gasteiger partial charge in [0, 0.05) is 211 Å². The maximum absolute atomic E-state index is 12.3. The average Bonchev–Trinajstić information content (AvgIpc) is 0.929. The van der Waals surface area contributed by atoms with Crippen LogP contribution in [0.2, 0.25) is 0 Å². The molecule has 0 spiro atoms. The molecular weight excluding hydrogens is 1540 g/mol. The number of nitrogens with zero attached hydrogens (tertiary/aromatic N) is 17. The highest BCUT2D eigenvalue weighted by atomic mass is 16.5. The number of piperazine rings is 3. The van der Waals surface area contributed by atoms with Crippen molar-refractivity contribution in [3.05, 3.63) is 211 Å². The number of piperidine rings is 1. The molecular formula is C96H111N17O9. The number of morpholine rings is 1. The van der Waals surface area contributed by atoms with Crippen LogP contribution in [-0.4, -0.2) is 244 Å². The number of carbonyl (C=O) groups is 3. The Balaban J connectivity index is 0.000000131. The van der Waals surface area contributed by atoms with Gasteiger partial charge < -0.3 is 73.6 Å². The molecule has 634 valence electrons. The predicted molar refractivity (Wildman–Crippen MR) is 479 cm³/mol. The number of hydrogen-bond donors (Lipinski definition) is 3. The molecule has 122 heavy (non-hydrogen) atoms. The number of phenolic OH excluding ortho intramolecular Hbond substituents is 3. The monoisotopic (exact) mass is 1650 g/mol. The number of aromatic hydroxyl groups is 3. The SMILES string of the molecule is C=CC(=O)N1CCN(c2nc(-c3cccc(CN4CCOCC4)c3)nc3c2CCN(c2cc(O)cc4ccccc24)C3)CC1.C=CC(=O)N1CCN(c2nc(OCCCC)nc3c2CCN(c2cc(O)cc4ccccc24)C3)CC1.C=CC(=O)N1CCN(c2nc(OCCCN3C[C@@H]4CC[C@H]3C4)nc3c2CCN(c2cc(O)cc4ccccc24)C3)CC1. The summed E-state index contributed by atoms with van der Waals surface area (Å²) in [7, 11) is 0. The highest BCUT2D eigenvalue weighted by molar-refractivity contribution is 5.98. The fourth-order valence-corrected chi connectivity index (χ4v) is 19.1. The highest BCUT2D eigenvalue weighted by Crippen LogP contribution is 2.43. The predicted octanol–water partition coefficient (Wildman–Crippen LogP) is 12.1. The summed E-state index contributed by atoms with van der Waals surface area (Å²) in [5, 5.41) is 37.8. The Morgan fingerprint density at radius 2 is 0.885 bits per heavy atom. The first-order valence-corrected chi connectivity index (χ1v) is 43.7. The molecule has 9 aliphatic rings. The minimum absolute atomic E-state index is 0.0244. The average molecular weight is 1650 g/mol. The first kappa shape index (κ1) is 82.2. The summed E-state index contributed by atoms with van der Waals surface area (Å²) in [4.78, 5) is 90.8. The van der Waals surface area contributed by atoms with Crippen molar-refractivity contribution in [3.8, 4) is 40.7 Å². The van der Waals surface area contributed by atoms with Crippen LogP contribution < -0.4 is 38.9 Å². The van der Waals surface area contributed by atoms with Crippen LogP contribution in [0.25, 0.3) is 43.7 Å². The largest absolute Gasteiger partial charge is 0.508 e. The van der Waals surface area contributed by atoms with Crippen molar-refractivity contribution in [2.24, 2.45) is 5.92 Å². The molecule has 3 N–H and O–H groups in total. The molecule has 3 aromatic heterocycles. The molecule has 10 aromatic rings. The summed E-state index contributed by atoms with van der Waals surface area (Å²) < 4.78 is 17.7. The van der Waals surface area contributed by atoms with Crippen molar-refractivity contribution in [2.45, 2.75) is 96.9 Å². The minimum Gasteiger partial charge on any atom is -0.508 e. The summed E-state index contributed by atoms with van der Waals surface area (Å²) in [5.74, 6) is 5.13. The summed E-state index contributed by atoms with van der Waals surface area (Å²) in [6.07, 6.45) is 13.6. The Hall–Kier alpha value is -12.1. The van der Waals surface area contributed by atoms with Gasteiger partial charge >= 0.3 is 12.0 Å². The molecule has 11 heterocycles. The van der Waals surface area contributed by atoms with E-state index in [0.29, 0.717) is 123 Å². The maximum atomic E-state index is 12.3. The van der Waals surface area contributed by atoms with Crippen LogP contribution >= 0.6 is 0 Å². The van der Waals surface area contributed by atoms with Crippen molar-refractivity contribution >= 4 is 84.6 Å². The molecule has 6 fully saturated rings. The highest BCUT2D eigenvalue weighted by Gasteiger charge is 2.38. The van der Waals surface area contributed by atoms with Crippen molar-refractivity contribution in [3.63, 3.8) is 0 Å².